The van der Waals surface area contributed by atoms with Crippen molar-refractivity contribution < 1.29 is 106 Å². The Kier molecular flexibility index (Phi) is 56.0. The maximum Gasteiger partial charge on any atom is 0.407 e. The van der Waals surface area contributed by atoms with Gasteiger partial charge in [-0.3, -0.25) is 38.4 Å². The normalized spacial score (nSPS) is 21.1. The van der Waals surface area contributed by atoms with Gasteiger partial charge in [-0.15, -0.1) is 0 Å². The Hall–Kier alpha value is -10.3. The van der Waals surface area contributed by atoms with Gasteiger partial charge < -0.3 is 80.0 Å². The lowest BCUT2D eigenvalue weighted by Gasteiger charge is -2.46. The first-order valence-electron chi connectivity index (χ1n) is 50.3. The molecule has 0 heterocycles. The third-order valence-electron chi connectivity index (χ3n) is 24.5. The van der Waals surface area contributed by atoms with Crippen LogP contribution in [-0.4, -0.2) is 160 Å². The van der Waals surface area contributed by atoms with Crippen molar-refractivity contribution in [3.63, 3.8) is 0 Å². The standard InChI is InChI=1S/C28H44N2O5.C27H42N2O5.C16H29NO4.C15H27NO4.2C12H16O2/c1-21(2)35-25(32)15-23-16-27(3,4)19-28(5,17-23)20-30-26(33)34-14-10-9-13-24(31)29-18-22-11-7-6-8-12-22;1-5-33-24(31)15-22-16-26(2,3)19-27(4,17-22)20-29-25(32)34-14-10-9-13-23(30)28-18-21-11-7-6-8-12-21;1-11(2)21-14(20)17-10-16(5)8-12(6-13(18)19)7-15(3,4)9-16;1-5-20-13(19)16-10-15(4)8-11(6-12(17)18)7-14(2,3)9-15;2*1-2-10-14-12(13)9-8-11-6-4-3-5-7-11/h6-8,11-12,21,23H,9-10,13-20H2,1-5H3,(H,29,31)(H,30,33);6-8,11-12,22H,5,9-10,13-20H2,1-4H3,(H,28,30)(H,29,32);11-12H,6-10H2,1-5H3,(H,17,20)(H,18,19);11H,5-10H2,1-4H3,(H,16,19)(H,17,18);2*3-7H,2,8-10H2,1H3. The maximum atomic E-state index is 12.2. The molecule has 6 amide bonds. The zero-order valence-corrected chi connectivity index (χ0v) is 87.4. The minimum Gasteiger partial charge on any atom is -0.481 e. The number of aryl methyl sites for hydroxylation is 2. The van der Waals surface area contributed by atoms with Crippen LogP contribution in [-0.2, 0) is 102 Å². The van der Waals surface area contributed by atoms with Gasteiger partial charge in [0.25, 0.3) is 0 Å². The molecule has 8 N–H and O–H groups in total. The number of hydrogen-bond donors (Lipinski definition) is 8. The highest BCUT2D eigenvalue weighted by atomic mass is 16.6. The van der Waals surface area contributed by atoms with E-state index < -0.39 is 36.3 Å². The second kappa shape index (κ2) is 63.4. The third kappa shape index (κ3) is 57.9. The van der Waals surface area contributed by atoms with E-state index in [1.165, 1.54) is 11.1 Å². The number of carbonyl (C=O) groups excluding carboxylic acids is 10. The molecule has 8 atom stereocenters. The average Bonchev–Trinajstić information content (AvgIpc) is 0.815. The second-order valence-electron chi connectivity index (χ2n) is 43.4. The van der Waals surface area contributed by atoms with E-state index in [0.29, 0.717) is 130 Å². The fourth-order valence-electron chi connectivity index (χ4n) is 20.9. The monoisotopic (exact) mass is 1930 g/mol. The molecular weight excluding hydrogens is 1760 g/mol. The van der Waals surface area contributed by atoms with Gasteiger partial charge in [0.05, 0.1) is 51.8 Å². The highest BCUT2D eigenvalue weighted by molar-refractivity contribution is 5.77. The molecule has 138 heavy (non-hydrogen) atoms. The van der Waals surface area contributed by atoms with Crippen LogP contribution in [0.1, 0.15) is 328 Å². The molecule has 0 bridgehead atoms. The summed E-state index contributed by atoms with van der Waals surface area (Å²) < 4.78 is 41.0. The number of hydrogen-bond acceptors (Lipinski definition) is 20. The first-order chi connectivity index (χ1) is 64.9. The molecule has 28 nitrogen and oxygen atoms in total. The van der Waals surface area contributed by atoms with Crippen LogP contribution < -0.4 is 31.9 Å². The lowest BCUT2D eigenvalue weighted by molar-refractivity contribution is -0.150. The van der Waals surface area contributed by atoms with Crippen molar-refractivity contribution in [2.24, 2.45) is 67.0 Å². The number of benzene rings is 4. The van der Waals surface area contributed by atoms with Crippen molar-refractivity contribution in [1.82, 2.24) is 31.9 Å². The molecule has 776 valence electrons. The molecule has 28 heteroatoms. The molecule has 8 unspecified atom stereocenters. The van der Waals surface area contributed by atoms with Crippen molar-refractivity contribution in [3.8, 4) is 0 Å². The number of aliphatic carboxylic acids is 2. The zero-order chi connectivity index (χ0) is 103. The van der Waals surface area contributed by atoms with E-state index in [1.54, 1.807) is 6.92 Å². The third-order valence-corrected chi connectivity index (χ3v) is 24.5. The molecule has 0 aromatic heterocycles. The van der Waals surface area contributed by atoms with Crippen LogP contribution >= 0.6 is 0 Å². The maximum absolute atomic E-state index is 12.2. The van der Waals surface area contributed by atoms with Gasteiger partial charge in [0.15, 0.2) is 0 Å². The Morgan fingerprint density at radius 3 is 0.899 bits per heavy atom. The lowest BCUT2D eigenvalue weighted by atomic mass is 9.60. The van der Waals surface area contributed by atoms with Gasteiger partial charge >= 0.3 is 60.2 Å². The number of rotatable bonds is 44. The number of carbonyl (C=O) groups is 12. The minimum atomic E-state index is -0.743. The number of nitrogens with one attached hydrogen (secondary N) is 6. The van der Waals surface area contributed by atoms with E-state index in [0.717, 1.165) is 114 Å². The Labute approximate surface area is 825 Å². The molecular formula is C110H174N6O22. The van der Waals surface area contributed by atoms with Crippen LogP contribution in [0.25, 0.3) is 0 Å². The average molecular weight is 1930 g/mol. The number of carboxylic acids is 2. The molecule has 0 radical (unpaired) electrons. The van der Waals surface area contributed by atoms with Crippen LogP contribution in [0.3, 0.4) is 0 Å². The lowest BCUT2D eigenvalue weighted by Crippen LogP contribution is -2.44. The van der Waals surface area contributed by atoms with Gasteiger partial charge in [0.1, 0.15) is 0 Å². The molecule has 4 aromatic rings. The van der Waals surface area contributed by atoms with Crippen LogP contribution in [0, 0.1) is 67.0 Å². The number of esters is 4. The van der Waals surface area contributed by atoms with Gasteiger partial charge in [0, 0.05) is 90.6 Å². The molecule has 0 saturated heterocycles. The smallest absolute Gasteiger partial charge is 0.407 e. The number of amides is 6. The van der Waals surface area contributed by atoms with E-state index in [1.807, 2.05) is 170 Å². The van der Waals surface area contributed by atoms with Gasteiger partial charge in [-0.25, -0.2) is 19.2 Å². The van der Waals surface area contributed by atoms with Gasteiger partial charge in [0.2, 0.25) is 11.8 Å². The van der Waals surface area contributed by atoms with E-state index in [4.69, 9.17) is 48.1 Å². The molecule has 4 saturated carbocycles. The Morgan fingerprint density at radius 2 is 0.601 bits per heavy atom. The molecule has 0 spiro atoms. The predicted molar refractivity (Wildman–Crippen MR) is 538 cm³/mol. The van der Waals surface area contributed by atoms with Crippen molar-refractivity contribution in [2.45, 2.75) is 344 Å². The number of alkyl carbamates (subject to hydrolysis) is 4. The molecule has 4 fully saturated rings. The highest BCUT2D eigenvalue weighted by Crippen LogP contribution is 2.53. The van der Waals surface area contributed by atoms with Crippen LogP contribution in [0.15, 0.2) is 121 Å². The largest absolute Gasteiger partial charge is 0.481 e. The van der Waals surface area contributed by atoms with Gasteiger partial charge in [-0.2, -0.15) is 0 Å². The summed E-state index contributed by atoms with van der Waals surface area (Å²) in [6.07, 6.45) is 18.1. The summed E-state index contributed by atoms with van der Waals surface area (Å²) in [7, 11) is 0. The fourth-order valence-corrected chi connectivity index (χ4v) is 20.9. The Morgan fingerprint density at radius 1 is 0.312 bits per heavy atom. The van der Waals surface area contributed by atoms with Crippen LogP contribution in [0.5, 0.6) is 0 Å². The number of ether oxygens (including phenoxy) is 8. The summed E-state index contributed by atoms with van der Waals surface area (Å²) in [6.45, 7) is 46.6. The Balaban J connectivity index is 0.000000441. The van der Waals surface area contributed by atoms with Crippen molar-refractivity contribution in [3.05, 3.63) is 144 Å². The molecule has 0 aliphatic heterocycles. The molecule has 8 rings (SSSR count). The highest BCUT2D eigenvalue weighted by Gasteiger charge is 2.46. The van der Waals surface area contributed by atoms with E-state index in [2.05, 4.69) is 115 Å². The van der Waals surface area contributed by atoms with Crippen molar-refractivity contribution in [1.29, 1.82) is 0 Å². The first kappa shape index (κ1) is 122. The van der Waals surface area contributed by atoms with Crippen molar-refractivity contribution in [2.75, 3.05) is 65.8 Å². The number of carboxylic acid groups (broad SMARTS) is 2. The first-order valence-corrected chi connectivity index (χ1v) is 50.3. The number of unbranched alkanes of at least 4 members (excludes halogenated alkanes) is 2. The minimum absolute atomic E-state index is 0.00137. The van der Waals surface area contributed by atoms with Crippen LogP contribution in [0.2, 0.25) is 0 Å². The van der Waals surface area contributed by atoms with E-state index >= 15 is 0 Å². The fraction of sp³-hybridized carbons (Fsp3) is 0.673. The Bertz CT molecular complexity index is 4180. The van der Waals surface area contributed by atoms with Crippen LogP contribution in [0.4, 0.5) is 19.2 Å². The van der Waals surface area contributed by atoms with E-state index in [-0.39, 0.29) is 141 Å². The molecule has 4 aromatic carbocycles. The second-order valence-corrected chi connectivity index (χ2v) is 43.4. The summed E-state index contributed by atoms with van der Waals surface area (Å²) in [5.74, 6) is -1.16. The summed E-state index contributed by atoms with van der Waals surface area (Å²) in [6, 6.07) is 39.5. The topological polar surface area (TPSA) is 391 Å². The predicted octanol–water partition coefficient (Wildman–Crippen LogP) is 22.0. The van der Waals surface area contributed by atoms with Gasteiger partial charge in [-0.1, -0.05) is 218 Å². The summed E-state index contributed by atoms with van der Waals surface area (Å²) in [5.41, 5.74) is 4.50. The summed E-state index contributed by atoms with van der Waals surface area (Å²) >= 11 is 0. The molecule has 4 aliphatic carbocycles. The van der Waals surface area contributed by atoms with Crippen molar-refractivity contribution >= 4 is 72.0 Å². The molecule has 4 aliphatic rings. The SMILES string of the molecule is CC(C)OC(=O)CC1CC(C)(C)CC(C)(CNC(=O)OCCCCC(=O)NCc2ccccc2)C1.CC(C)OC(=O)NCC1(C)CC(CC(=O)O)CC(C)(C)C1.CCCOC(=O)CCc1ccccc1.CCCOC(=O)CCc1ccccc1.CCOC(=O)CC1CC(C)(C)CC(C)(CNC(=O)OCCCCC(=O)NCc2ccccc2)C1.CCOC(=O)NCC1(C)CC(CC(=O)O)CC(C)(C)C1. The van der Waals surface area contributed by atoms with Gasteiger partial charge in [-0.05, 0) is 259 Å². The quantitative estimate of drug-likeness (QED) is 0.0116. The summed E-state index contributed by atoms with van der Waals surface area (Å²) in [4.78, 5) is 140. The summed E-state index contributed by atoms with van der Waals surface area (Å²) in [5, 5.41) is 35.3. The van der Waals surface area contributed by atoms with E-state index in [9.17, 15) is 57.5 Å². The zero-order valence-electron chi connectivity index (χ0n) is 87.4.